The first-order valence-electron chi connectivity index (χ1n) is 6.14. The van der Waals surface area contributed by atoms with Crippen molar-refractivity contribution in [3.8, 4) is 0 Å². The van der Waals surface area contributed by atoms with Crippen molar-refractivity contribution in [2.75, 3.05) is 19.7 Å². The predicted molar refractivity (Wildman–Crippen MR) is 56.3 cm³/mol. The van der Waals surface area contributed by atoms with Gasteiger partial charge in [0.05, 0.1) is 12.7 Å². The molecule has 2 aliphatic carbocycles. The Hall–Kier alpha value is -0.570. The van der Waals surface area contributed by atoms with Crippen molar-refractivity contribution >= 4 is 5.91 Å². The number of hydrogen-bond acceptors (Lipinski definition) is 2. The van der Waals surface area contributed by atoms with E-state index >= 15 is 0 Å². The first-order chi connectivity index (χ1) is 7.24. The van der Waals surface area contributed by atoms with Gasteiger partial charge in [-0.15, -0.1) is 0 Å². The van der Waals surface area contributed by atoms with Crippen LogP contribution < -0.4 is 0 Å². The molecule has 84 valence electrons. The molecule has 3 heteroatoms. The molecule has 0 aromatic carbocycles. The molecule has 3 rings (SSSR count). The number of nitrogens with zero attached hydrogens (tertiary/aromatic N) is 1. The van der Waals surface area contributed by atoms with Gasteiger partial charge in [-0.1, -0.05) is 0 Å². The van der Waals surface area contributed by atoms with Crippen LogP contribution in [0.4, 0.5) is 0 Å². The topological polar surface area (TPSA) is 29.5 Å². The van der Waals surface area contributed by atoms with Crippen LogP contribution >= 0.6 is 0 Å². The van der Waals surface area contributed by atoms with Gasteiger partial charge >= 0.3 is 0 Å². The van der Waals surface area contributed by atoms with E-state index in [1.807, 2.05) is 11.8 Å². The van der Waals surface area contributed by atoms with Gasteiger partial charge in [0, 0.05) is 19.0 Å². The minimum atomic E-state index is 0.221. The van der Waals surface area contributed by atoms with Gasteiger partial charge in [0.1, 0.15) is 0 Å². The standard InChI is InChI=1S/C12H19NO2/c1-8-7-13(2-3-15-8)12(14)11-5-9-4-10(9)6-11/h8-11H,2-7H2,1H3. The molecule has 1 amide bonds. The maximum absolute atomic E-state index is 12.2. The SMILES string of the molecule is CC1CN(C(=O)C2CC3CC3C2)CCO1. The molecule has 2 saturated carbocycles. The summed E-state index contributed by atoms with van der Waals surface area (Å²) in [5.41, 5.74) is 0. The molecule has 0 N–H and O–H groups in total. The Morgan fingerprint density at radius 2 is 2.00 bits per heavy atom. The molecule has 3 nitrogen and oxygen atoms in total. The number of rotatable bonds is 1. The Balaban J connectivity index is 1.59. The summed E-state index contributed by atoms with van der Waals surface area (Å²) in [6.07, 6.45) is 3.94. The third kappa shape index (κ3) is 1.78. The highest BCUT2D eigenvalue weighted by Gasteiger charge is 2.48. The van der Waals surface area contributed by atoms with Gasteiger partial charge in [0.15, 0.2) is 0 Å². The molecule has 3 unspecified atom stereocenters. The molecule has 3 fully saturated rings. The van der Waals surface area contributed by atoms with E-state index in [4.69, 9.17) is 4.74 Å². The molecule has 1 heterocycles. The van der Waals surface area contributed by atoms with Crippen LogP contribution in [0, 0.1) is 17.8 Å². The number of carbonyl (C=O) groups excluding carboxylic acids is 1. The number of ether oxygens (including phenoxy) is 1. The fourth-order valence-electron chi connectivity index (χ4n) is 3.19. The van der Waals surface area contributed by atoms with Crippen LogP contribution in [0.5, 0.6) is 0 Å². The number of amides is 1. The van der Waals surface area contributed by atoms with Crippen LogP contribution in [-0.4, -0.2) is 36.6 Å². The molecule has 0 radical (unpaired) electrons. The minimum absolute atomic E-state index is 0.221. The molecule has 0 aromatic rings. The van der Waals surface area contributed by atoms with Gasteiger partial charge in [0.25, 0.3) is 0 Å². The van der Waals surface area contributed by atoms with Crippen LogP contribution in [-0.2, 0) is 9.53 Å². The second-order valence-electron chi connectivity index (χ2n) is 5.39. The second kappa shape index (κ2) is 3.48. The molecule has 1 aliphatic heterocycles. The third-order valence-electron chi connectivity index (χ3n) is 4.15. The lowest BCUT2D eigenvalue weighted by atomic mass is 10.0. The lowest BCUT2D eigenvalue weighted by molar-refractivity contribution is -0.142. The first kappa shape index (κ1) is 9.64. The van der Waals surface area contributed by atoms with E-state index in [9.17, 15) is 4.79 Å². The first-order valence-corrected chi connectivity index (χ1v) is 6.14. The zero-order valence-corrected chi connectivity index (χ0v) is 9.32. The normalized spacial score (nSPS) is 43.9. The third-order valence-corrected chi connectivity index (χ3v) is 4.15. The zero-order chi connectivity index (χ0) is 10.4. The summed E-state index contributed by atoms with van der Waals surface area (Å²) in [5, 5.41) is 0. The fraction of sp³-hybridized carbons (Fsp3) is 0.917. The smallest absolute Gasteiger partial charge is 0.225 e. The van der Waals surface area contributed by atoms with Crippen LogP contribution in [0.2, 0.25) is 0 Å². The van der Waals surface area contributed by atoms with Gasteiger partial charge in [-0.3, -0.25) is 4.79 Å². The second-order valence-corrected chi connectivity index (χ2v) is 5.39. The van der Waals surface area contributed by atoms with Gasteiger partial charge in [0.2, 0.25) is 5.91 Å². The van der Waals surface area contributed by atoms with Crippen LogP contribution in [0.15, 0.2) is 0 Å². The number of hydrogen-bond donors (Lipinski definition) is 0. The largest absolute Gasteiger partial charge is 0.375 e. The summed E-state index contributed by atoms with van der Waals surface area (Å²) in [4.78, 5) is 14.2. The van der Waals surface area contributed by atoms with Crippen molar-refractivity contribution in [1.82, 2.24) is 4.90 Å². The van der Waals surface area contributed by atoms with E-state index in [1.54, 1.807) is 0 Å². The predicted octanol–water partition coefficient (Wildman–Crippen LogP) is 1.28. The van der Waals surface area contributed by atoms with Crippen molar-refractivity contribution in [3.05, 3.63) is 0 Å². The van der Waals surface area contributed by atoms with Crippen LogP contribution in [0.1, 0.15) is 26.2 Å². The molecule has 1 saturated heterocycles. The highest BCUT2D eigenvalue weighted by molar-refractivity contribution is 5.79. The number of carbonyl (C=O) groups is 1. The van der Waals surface area contributed by atoms with Gasteiger partial charge in [-0.25, -0.2) is 0 Å². The Bertz CT molecular complexity index is 269. The molecule has 0 aromatic heterocycles. The Morgan fingerprint density at radius 1 is 1.27 bits per heavy atom. The Kier molecular flexibility index (Phi) is 2.23. The van der Waals surface area contributed by atoms with Crippen molar-refractivity contribution in [1.29, 1.82) is 0 Å². The fourth-order valence-corrected chi connectivity index (χ4v) is 3.19. The van der Waals surface area contributed by atoms with E-state index in [1.165, 1.54) is 6.42 Å². The lowest BCUT2D eigenvalue weighted by Gasteiger charge is -2.33. The lowest BCUT2D eigenvalue weighted by Crippen LogP contribution is -2.46. The molecule has 3 aliphatic rings. The molecule has 0 spiro atoms. The maximum Gasteiger partial charge on any atom is 0.225 e. The Labute approximate surface area is 90.8 Å². The van der Waals surface area contributed by atoms with Gasteiger partial charge < -0.3 is 9.64 Å². The summed E-state index contributed by atoms with van der Waals surface area (Å²) in [7, 11) is 0. The quantitative estimate of drug-likeness (QED) is 0.651. The van der Waals surface area contributed by atoms with E-state index in [-0.39, 0.29) is 6.10 Å². The maximum atomic E-state index is 12.2. The van der Waals surface area contributed by atoms with Crippen molar-refractivity contribution in [2.45, 2.75) is 32.3 Å². The van der Waals surface area contributed by atoms with E-state index in [2.05, 4.69) is 0 Å². The van der Waals surface area contributed by atoms with Crippen molar-refractivity contribution in [3.63, 3.8) is 0 Å². The highest BCUT2D eigenvalue weighted by Crippen LogP contribution is 2.54. The summed E-state index contributed by atoms with van der Waals surface area (Å²) >= 11 is 0. The van der Waals surface area contributed by atoms with Crippen LogP contribution in [0.3, 0.4) is 0 Å². The summed E-state index contributed by atoms with van der Waals surface area (Å²) in [5.74, 6) is 2.55. The van der Waals surface area contributed by atoms with Gasteiger partial charge in [-0.2, -0.15) is 0 Å². The minimum Gasteiger partial charge on any atom is -0.375 e. The zero-order valence-electron chi connectivity index (χ0n) is 9.32. The van der Waals surface area contributed by atoms with Gasteiger partial charge in [-0.05, 0) is 38.0 Å². The van der Waals surface area contributed by atoms with Crippen molar-refractivity contribution < 1.29 is 9.53 Å². The summed E-state index contributed by atoms with van der Waals surface area (Å²) < 4.78 is 5.46. The van der Waals surface area contributed by atoms with E-state index in [0.29, 0.717) is 18.4 Å². The summed E-state index contributed by atoms with van der Waals surface area (Å²) in [6, 6.07) is 0. The molecule has 3 atom stereocenters. The average Bonchev–Trinajstić information content (AvgIpc) is 2.85. The average molecular weight is 209 g/mol. The van der Waals surface area contributed by atoms with Crippen molar-refractivity contribution in [2.24, 2.45) is 17.8 Å². The van der Waals surface area contributed by atoms with Crippen LogP contribution in [0.25, 0.3) is 0 Å². The monoisotopic (exact) mass is 209 g/mol. The Morgan fingerprint density at radius 3 is 2.67 bits per heavy atom. The van der Waals surface area contributed by atoms with E-state index < -0.39 is 0 Å². The summed E-state index contributed by atoms with van der Waals surface area (Å²) in [6.45, 7) is 4.36. The number of fused-ring (bicyclic) bond motifs is 1. The highest BCUT2D eigenvalue weighted by atomic mass is 16.5. The molecule has 15 heavy (non-hydrogen) atoms. The molecular weight excluding hydrogens is 190 g/mol. The van der Waals surface area contributed by atoms with E-state index in [0.717, 1.165) is 37.8 Å². The molecular formula is C12H19NO2. The molecule has 0 bridgehead atoms. The number of morpholine rings is 1.